The first-order chi connectivity index (χ1) is 14.2. The Balaban J connectivity index is 1.79. The lowest BCUT2D eigenvalue weighted by Gasteiger charge is -2.18. The molecule has 0 aliphatic carbocycles. The third kappa shape index (κ3) is 3.75. The molecule has 0 atom stereocenters. The van der Waals surface area contributed by atoms with Gasteiger partial charge in [-0.05, 0) is 48.0 Å². The predicted octanol–water partition coefficient (Wildman–Crippen LogP) is 4.54. The highest BCUT2D eigenvalue weighted by Gasteiger charge is 2.32. The molecule has 1 aliphatic heterocycles. The minimum Gasteiger partial charge on any atom is -0.497 e. The van der Waals surface area contributed by atoms with Crippen molar-refractivity contribution in [1.82, 2.24) is 0 Å². The minimum atomic E-state index is -0.183. The van der Waals surface area contributed by atoms with Crippen molar-refractivity contribution in [3.8, 4) is 11.5 Å². The van der Waals surface area contributed by atoms with Crippen molar-refractivity contribution in [2.24, 2.45) is 4.99 Å². The molecule has 0 radical (unpaired) electrons. The SMILES string of the molecule is COc1ccc(N2C(=O)/C(=C\c3cccc(OC)c3)N=C2c2ccccc2)cc1. The van der Waals surface area contributed by atoms with Gasteiger partial charge in [-0.1, -0.05) is 42.5 Å². The molecule has 4 rings (SSSR count). The van der Waals surface area contributed by atoms with Crippen LogP contribution < -0.4 is 14.4 Å². The molecule has 0 unspecified atom stereocenters. The normalized spacial score (nSPS) is 14.8. The monoisotopic (exact) mass is 384 g/mol. The minimum absolute atomic E-state index is 0.183. The number of methoxy groups -OCH3 is 2. The molecule has 3 aromatic carbocycles. The third-order valence-electron chi connectivity index (χ3n) is 4.62. The first-order valence-corrected chi connectivity index (χ1v) is 9.18. The predicted molar refractivity (Wildman–Crippen MR) is 114 cm³/mol. The molecular weight excluding hydrogens is 364 g/mol. The Bertz CT molecular complexity index is 1090. The van der Waals surface area contributed by atoms with E-state index in [9.17, 15) is 4.79 Å². The lowest BCUT2D eigenvalue weighted by molar-refractivity contribution is -0.113. The molecule has 0 fully saturated rings. The molecule has 29 heavy (non-hydrogen) atoms. The van der Waals surface area contributed by atoms with Gasteiger partial charge < -0.3 is 9.47 Å². The quantitative estimate of drug-likeness (QED) is 0.607. The molecule has 0 bridgehead atoms. The zero-order valence-electron chi connectivity index (χ0n) is 16.2. The summed E-state index contributed by atoms with van der Waals surface area (Å²) in [5, 5.41) is 0. The number of hydrogen-bond donors (Lipinski definition) is 0. The van der Waals surface area contributed by atoms with Crippen LogP contribution in [-0.2, 0) is 4.79 Å². The average molecular weight is 384 g/mol. The number of carbonyl (C=O) groups excluding carboxylic acids is 1. The number of benzene rings is 3. The molecule has 0 spiro atoms. The lowest BCUT2D eigenvalue weighted by atomic mass is 10.1. The van der Waals surface area contributed by atoms with Gasteiger partial charge in [0.2, 0.25) is 0 Å². The summed E-state index contributed by atoms with van der Waals surface area (Å²) in [5.41, 5.74) is 2.81. The van der Waals surface area contributed by atoms with E-state index in [1.165, 1.54) is 0 Å². The number of carbonyl (C=O) groups is 1. The zero-order valence-corrected chi connectivity index (χ0v) is 16.2. The maximum absolute atomic E-state index is 13.3. The van der Waals surface area contributed by atoms with Crippen molar-refractivity contribution in [2.45, 2.75) is 0 Å². The molecule has 5 nitrogen and oxygen atoms in total. The fourth-order valence-corrected chi connectivity index (χ4v) is 3.16. The van der Waals surface area contributed by atoms with Crippen LogP contribution in [0.1, 0.15) is 11.1 Å². The molecule has 1 amide bonds. The molecule has 1 aliphatic rings. The summed E-state index contributed by atoms with van der Waals surface area (Å²) in [6.45, 7) is 0. The largest absolute Gasteiger partial charge is 0.497 e. The molecular formula is C24H20N2O3. The number of anilines is 1. The second-order valence-corrected chi connectivity index (χ2v) is 6.45. The molecule has 1 heterocycles. The Morgan fingerprint density at radius 3 is 2.24 bits per heavy atom. The summed E-state index contributed by atoms with van der Waals surface area (Å²) in [6.07, 6.45) is 1.78. The summed E-state index contributed by atoms with van der Waals surface area (Å²) in [7, 11) is 3.23. The van der Waals surface area contributed by atoms with E-state index >= 15 is 0 Å². The number of ether oxygens (including phenoxy) is 2. The summed E-state index contributed by atoms with van der Waals surface area (Å²) >= 11 is 0. The fourth-order valence-electron chi connectivity index (χ4n) is 3.16. The number of amides is 1. The second-order valence-electron chi connectivity index (χ2n) is 6.45. The first kappa shape index (κ1) is 18.5. The zero-order chi connectivity index (χ0) is 20.2. The maximum atomic E-state index is 13.3. The van der Waals surface area contributed by atoms with E-state index in [-0.39, 0.29) is 5.91 Å². The second kappa shape index (κ2) is 8.02. The third-order valence-corrected chi connectivity index (χ3v) is 4.62. The summed E-state index contributed by atoms with van der Waals surface area (Å²) < 4.78 is 10.5. The number of rotatable bonds is 5. The van der Waals surface area contributed by atoms with Crippen LogP contribution in [0.25, 0.3) is 6.08 Å². The van der Waals surface area contributed by atoms with Crippen LogP contribution in [0.5, 0.6) is 11.5 Å². The van der Waals surface area contributed by atoms with Gasteiger partial charge in [0.15, 0.2) is 0 Å². The summed E-state index contributed by atoms with van der Waals surface area (Å²) in [4.78, 5) is 19.6. The Morgan fingerprint density at radius 1 is 0.828 bits per heavy atom. The Labute approximate surface area is 169 Å². The molecule has 0 aromatic heterocycles. The number of amidine groups is 1. The first-order valence-electron chi connectivity index (χ1n) is 9.18. The van der Waals surface area contributed by atoms with Crippen LogP contribution in [0, 0.1) is 0 Å². The number of aliphatic imine (C=N–C) groups is 1. The van der Waals surface area contributed by atoms with Crippen LogP contribution in [0.3, 0.4) is 0 Å². The summed E-state index contributed by atoms with van der Waals surface area (Å²) in [5.74, 6) is 1.86. The van der Waals surface area contributed by atoms with Gasteiger partial charge in [0.05, 0.1) is 19.9 Å². The van der Waals surface area contributed by atoms with Gasteiger partial charge in [-0.3, -0.25) is 9.69 Å². The molecule has 0 saturated carbocycles. The van der Waals surface area contributed by atoms with E-state index in [0.717, 1.165) is 28.3 Å². The van der Waals surface area contributed by atoms with Gasteiger partial charge in [0, 0.05) is 5.56 Å². The highest BCUT2D eigenvalue weighted by atomic mass is 16.5. The van der Waals surface area contributed by atoms with Crippen LogP contribution >= 0.6 is 0 Å². The van der Waals surface area contributed by atoms with Crippen LogP contribution in [0.4, 0.5) is 5.69 Å². The van der Waals surface area contributed by atoms with Crippen LogP contribution in [0.2, 0.25) is 0 Å². The summed E-state index contributed by atoms with van der Waals surface area (Å²) in [6, 6.07) is 24.6. The highest BCUT2D eigenvalue weighted by Crippen LogP contribution is 2.29. The van der Waals surface area contributed by atoms with Crippen LogP contribution in [0.15, 0.2) is 89.6 Å². The van der Waals surface area contributed by atoms with Crippen LogP contribution in [-0.4, -0.2) is 26.0 Å². The van der Waals surface area contributed by atoms with Gasteiger partial charge >= 0.3 is 0 Å². The fraction of sp³-hybridized carbons (Fsp3) is 0.0833. The highest BCUT2D eigenvalue weighted by molar-refractivity contribution is 6.33. The van der Waals surface area contributed by atoms with E-state index in [1.807, 2.05) is 78.9 Å². The van der Waals surface area contributed by atoms with E-state index in [4.69, 9.17) is 9.47 Å². The Morgan fingerprint density at radius 2 is 1.55 bits per heavy atom. The van der Waals surface area contributed by atoms with Crippen molar-refractivity contribution < 1.29 is 14.3 Å². The molecule has 3 aromatic rings. The smallest absolute Gasteiger partial charge is 0.282 e. The van der Waals surface area contributed by atoms with Crippen molar-refractivity contribution in [2.75, 3.05) is 19.1 Å². The topological polar surface area (TPSA) is 51.1 Å². The lowest BCUT2D eigenvalue weighted by Crippen LogP contribution is -2.32. The van der Waals surface area contributed by atoms with Crippen molar-refractivity contribution in [3.05, 3.63) is 95.7 Å². The van der Waals surface area contributed by atoms with E-state index < -0.39 is 0 Å². The molecule has 0 saturated heterocycles. The van der Waals surface area contributed by atoms with E-state index in [1.54, 1.807) is 25.2 Å². The standard InChI is InChI=1S/C24H20N2O3/c1-28-20-13-11-19(12-14-20)26-23(18-8-4-3-5-9-18)25-22(24(26)27)16-17-7-6-10-21(15-17)29-2/h3-16H,1-2H3/b22-16+. The Hall–Kier alpha value is -3.86. The van der Waals surface area contributed by atoms with E-state index in [0.29, 0.717) is 11.5 Å². The number of nitrogens with zero attached hydrogens (tertiary/aromatic N) is 2. The van der Waals surface area contributed by atoms with E-state index in [2.05, 4.69) is 4.99 Å². The maximum Gasteiger partial charge on any atom is 0.282 e. The van der Waals surface area contributed by atoms with Gasteiger partial charge in [0.25, 0.3) is 5.91 Å². The van der Waals surface area contributed by atoms with Gasteiger partial charge in [0.1, 0.15) is 23.0 Å². The number of hydrogen-bond acceptors (Lipinski definition) is 4. The van der Waals surface area contributed by atoms with Gasteiger partial charge in [-0.15, -0.1) is 0 Å². The van der Waals surface area contributed by atoms with Crippen molar-refractivity contribution in [1.29, 1.82) is 0 Å². The van der Waals surface area contributed by atoms with Crippen molar-refractivity contribution >= 4 is 23.5 Å². The molecule has 5 heteroatoms. The molecule has 144 valence electrons. The molecule has 0 N–H and O–H groups in total. The average Bonchev–Trinajstić information content (AvgIpc) is 3.10. The van der Waals surface area contributed by atoms with Gasteiger partial charge in [-0.2, -0.15) is 0 Å². The Kier molecular flexibility index (Phi) is 5.12. The van der Waals surface area contributed by atoms with Gasteiger partial charge in [-0.25, -0.2) is 4.99 Å². The van der Waals surface area contributed by atoms with Crippen molar-refractivity contribution in [3.63, 3.8) is 0 Å².